The normalized spacial score (nSPS) is 11.5. The second kappa shape index (κ2) is 4.21. The van der Waals surface area contributed by atoms with Crippen LogP contribution < -0.4 is 5.56 Å². The molecule has 1 aromatic heterocycles. The number of rotatable bonds is 1. The van der Waals surface area contributed by atoms with Crippen LogP contribution in [0.25, 0.3) is 11.1 Å². The topological polar surface area (TPSA) is 32.9 Å². The van der Waals surface area contributed by atoms with Crippen LogP contribution in [0.1, 0.15) is 26.3 Å². The number of H-pyrrole nitrogens is 1. The number of aromatic nitrogens is 1. The third-order valence-electron chi connectivity index (χ3n) is 2.87. The van der Waals surface area contributed by atoms with Crippen molar-refractivity contribution in [1.29, 1.82) is 0 Å². The largest absolute Gasteiger partial charge is 0.328 e. The van der Waals surface area contributed by atoms with E-state index < -0.39 is 0 Å². The zero-order valence-corrected chi connectivity index (χ0v) is 10.4. The molecule has 2 aromatic rings. The van der Waals surface area contributed by atoms with Crippen molar-refractivity contribution in [2.45, 2.75) is 26.2 Å². The molecule has 0 bridgehead atoms. The van der Waals surface area contributed by atoms with Gasteiger partial charge in [-0.1, -0.05) is 45.0 Å². The molecular formula is C15H17NO. The van der Waals surface area contributed by atoms with Crippen LogP contribution in [0, 0.1) is 0 Å². The van der Waals surface area contributed by atoms with Gasteiger partial charge in [-0.15, -0.1) is 0 Å². The van der Waals surface area contributed by atoms with Crippen molar-refractivity contribution in [3.8, 4) is 11.1 Å². The Hall–Kier alpha value is -1.83. The fourth-order valence-corrected chi connectivity index (χ4v) is 1.75. The van der Waals surface area contributed by atoms with Gasteiger partial charge in [0, 0.05) is 12.3 Å². The smallest absolute Gasteiger partial charge is 0.247 e. The number of nitrogens with one attached hydrogen (secondary N) is 1. The van der Waals surface area contributed by atoms with Gasteiger partial charge in [0.1, 0.15) is 0 Å². The summed E-state index contributed by atoms with van der Waals surface area (Å²) in [4.78, 5) is 13.7. The van der Waals surface area contributed by atoms with Gasteiger partial charge < -0.3 is 4.98 Å². The van der Waals surface area contributed by atoms with E-state index in [1.54, 1.807) is 12.3 Å². The van der Waals surface area contributed by atoms with Crippen LogP contribution in [0.15, 0.2) is 47.4 Å². The summed E-state index contributed by atoms with van der Waals surface area (Å²) >= 11 is 0. The van der Waals surface area contributed by atoms with Gasteiger partial charge in [-0.2, -0.15) is 0 Å². The molecule has 2 nitrogen and oxygen atoms in total. The predicted octanol–water partition coefficient (Wildman–Crippen LogP) is 3.34. The zero-order chi connectivity index (χ0) is 12.5. The SMILES string of the molecule is CC(C)(C)c1ccc(-c2ccc(=O)[nH]c2)cc1. The van der Waals surface area contributed by atoms with Gasteiger partial charge in [0.05, 0.1) is 0 Å². The minimum atomic E-state index is -0.0694. The lowest BCUT2D eigenvalue weighted by molar-refractivity contribution is 0.590. The summed E-state index contributed by atoms with van der Waals surface area (Å²) in [6, 6.07) is 11.8. The molecule has 0 aliphatic carbocycles. The first-order chi connectivity index (χ1) is 7.97. The molecule has 0 saturated heterocycles. The van der Waals surface area contributed by atoms with Crippen LogP contribution in [0.2, 0.25) is 0 Å². The highest BCUT2D eigenvalue weighted by Crippen LogP contribution is 2.25. The minimum Gasteiger partial charge on any atom is -0.328 e. The van der Waals surface area contributed by atoms with Gasteiger partial charge >= 0.3 is 0 Å². The van der Waals surface area contributed by atoms with Gasteiger partial charge in [-0.05, 0) is 28.2 Å². The molecule has 2 rings (SSSR count). The lowest BCUT2D eigenvalue weighted by Crippen LogP contribution is -2.10. The van der Waals surface area contributed by atoms with Crippen LogP contribution in [0.3, 0.4) is 0 Å². The zero-order valence-electron chi connectivity index (χ0n) is 10.4. The summed E-state index contributed by atoms with van der Waals surface area (Å²) in [6.45, 7) is 6.59. The van der Waals surface area contributed by atoms with Gasteiger partial charge in [-0.25, -0.2) is 0 Å². The molecule has 0 aliphatic heterocycles. The Bertz CT molecular complexity index is 538. The van der Waals surface area contributed by atoms with Crippen molar-refractivity contribution in [2.24, 2.45) is 0 Å². The maximum atomic E-state index is 11.0. The predicted molar refractivity (Wildman–Crippen MR) is 71.2 cm³/mol. The van der Waals surface area contributed by atoms with Crippen molar-refractivity contribution in [3.63, 3.8) is 0 Å². The molecule has 0 unspecified atom stereocenters. The first-order valence-corrected chi connectivity index (χ1v) is 5.76. The molecule has 2 heteroatoms. The summed E-state index contributed by atoms with van der Waals surface area (Å²) in [5, 5.41) is 0. The number of pyridine rings is 1. The highest BCUT2D eigenvalue weighted by atomic mass is 16.1. The molecule has 0 atom stereocenters. The van der Waals surface area contributed by atoms with Crippen LogP contribution in [-0.2, 0) is 5.41 Å². The lowest BCUT2D eigenvalue weighted by atomic mass is 9.86. The molecular weight excluding hydrogens is 210 g/mol. The first kappa shape index (κ1) is 11.6. The van der Waals surface area contributed by atoms with Crippen LogP contribution in [0.4, 0.5) is 0 Å². The van der Waals surface area contributed by atoms with E-state index in [2.05, 4.69) is 50.0 Å². The minimum absolute atomic E-state index is 0.0694. The maximum Gasteiger partial charge on any atom is 0.247 e. The van der Waals surface area contributed by atoms with Crippen molar-refractivity contribution in [2.75, 3.05) is 0 Å². The van der Waals surface area contributed by atoms with E-state index in [1.165, 1.54) is 5.56 Å². The van der Waals surface area contributed by atoms with E-state index >= 15 is 0 Å². The van der Waals surface area contributed by atoms with E-state index in [4.69, 9.17) is 0 Å². The molecule has 1 N–H and O–H groups in total. The second-order valence-electron chi connectivity index (χ2n) is 5.27. The Balaban J connectivity index is 2.36. The van der Waals surface area contributed by atoms with Crippen LogP contribution in [-0.4, -0.2) is 4.98 Å². The van der Waals surface area contributed by atoms with Crippen molar-refractivity contribution >= 4 is 0 Å². The number of aromatic amines is 1. The third kappa shape index (κ3) is 2.64. The average molecular weight is 227 g/mol. The Morgan fingerprint density at radius 2 is 1.47 bits per heavy atom. The van der Waals surface area contributed by atoms with Gasteiger partial charge in [0.15, 0.2) is 0 Å². The molecule has 0 fully saturated rings. The van der Waals surface area contributed by atoms with Crippen molar-refractivity contribution < 1.29 is 0 Å². The molecule has 0 radical (unpaired) electrons. The highest BCUT2D eigenvalue weighted by molar-refractivity contribution is 5.62. The molecule has 1 aromatic carbocycles. The Kier molecular flexibility index (Phi) is 2.88. The summed E-state index contributed by atoms with van der Waals surface area (Å²) < 4.78 is 0. The fourth-order valence-electron chi connectivity index (χ4n) is 1.75. The van der Waals surface area contributed by atoms with Crippen molar-refractivity contribution in [3.05, 3.63) is 58.5 Å². The first-order valence-electron chi connectivity index (χ1n) is 5.76. The molecule has 0 spiro atoms. The van der Waals surface area contributed by atoms with Gasteiger partial charge in [-0.3, -0.25) is 4.79 Å². The quantitative estimate of drug-likeness (QED) is 0.796. The van der Waals surface area contributed by atoms with E-state index in [0.717, 1.165) is 11.1 Å². The number of hydrogen-bond acceptors (Lipinski definition) is 1. The molecule has 0 saturated carbocycles. The summed E-state index contributed by atoms with van der Waals surface area (Å²) in [5.74, 6) is 0. The summed E-state index contributed by atoms with van der Waals surface area (Å²) in [5.41, 5.74) is 3.56. The molecule has 0 amide bonds. The average Bonchev–Trinajstić information content (AvgIpc) is 2.29. The summed E-state index contributed by atoms with van der Waals surface area (Å²) in [7, 11) is 0. The Morgan fingerprint density at radius 3 is 1.94 bits per heavy atom. The third-order valence-corrected chi connectivity index (χ3v) is 2.87. The van der Waals surface area contributed by atoms with E-state index in [0.29, 0.717) is 0 Å². The van der Waals surface area contributed by atoms with Crippen molar-refractivity contribution in [1.82, 2.24) is 4.98 Å². The van der Waals surface area contributed by atoms with Crippen LogP contribution in [0.5, 0.6) is 0 Å². The number of hydrogen-bond donors (Lipinski definition) is 1. The van der Waals surface area contributed by atoms with E-state index in [-0.39, 0.29) is 11.0 Å². The Morgan fingerprint density at radius 1 is 0.882 bits per heavy atom. The molecule has 1 heterocycles. The lowest BCUT2D eigenvalue weighted by Gasteiger charge is -2.19. The fraction of sp³-hybridized carbons (Fsp3) is 0.267. The second-order valence-corrected chi connectivity index (χ2v) is 5.27. The van der Waals surface area contributed by atoms with E-state index in [9.17, 15) is 4.79 Å². The maximum absolute atomic E-state index is 11.0. The molecule has 88 valence electrons. The standard InChI is InChI=1S/C15H17NO/c1-15(2,3)13-7-4-11(5-8-13)12-6-9-14(17)16-10-12/h4-10H,1-3H3,(H,16,17). The van der Waals surface area contributed by atoms with Crippen LogP contribution >= 0.6 is 0 Å². The Labute approximate surface area is 101 Å². The number of benzene rings is 1. The highest BCUT2D eigenvalue weighted by Gasteiger charge is 2.12. The van der Waals surface area contributed by atoms with Gasteiger partial charge in [0.2, 0.25) is 5.56 Å². The van der Waals surface area contributed by atoms with Gasteiger partial charge in [0.25, 0.3) is 0 Å². The summed E-state index contributed by atoms with van der Waals surface area (Å²) in [6.07, 6.45) is 1.74. The van der Waals surface area contributed by atoms with E-state index in [1.807, 2.05) is 6.07 Å². The molecule has 17 heavy (non-hydrogen) atoms. The molecule has 0 aliphatic rings. The monoisotopic (exact) mass is 227 g/mol.